The van der Waals surface area contributed by atoms with Gasteiger partial charge in [0.2, 0.25) is 0 Å². The third-order valence-electron chi connectivity index (χ3n) is 4.39. The molecule has 0 unspecified atom stereocenters. The summed E-state index contributed by atoms with van der Waals surface area (Å²) in [5.41, 5.74) is 3.45. The minimum Gasteiger partial charge on any atom is -0.348 e. The highest BCUT2D eigenvalue weighted by molar-refractivity contribution is 9.10. The first kappa shape index (κ1) is 17.2. The molecule has 1 aliphatic rings. The Kier molecular flexibility index (Phi) is 5.04. The van der Waals surface area contributed by atoms with Gasteiger partial charge in [0.25, 0.3) is 5.91 Å². The van der Waals surface area contributed by atoms with Crippen LogP contribution >= 0.6 is 27.3 Å². The average molecular weight is 428 g/mol. The van der Waals surface area contributed by atoms with E-state index >= 15 is 0 Å². The number of halogens is 1. The van der Waals surface area contributed by atoms with E-state index in [1.54, 1.807) is 23.5 Å². The fourth-order valence-corrected chi connectivity index (χ4v) is 4.30. The van der Waals surface area contributed by atoms with E-state index in [0.717, 1.165) is 39.6 Å². The number of benzene rings is 2. The second-order valence-corrected chi connectivity index (χ2v) is 8.00. The molecule has 26 heavy (non-hydrogen) atoms. The molecule has 0 aliphatic carbocycles. The van der Waals surface area contributed by atoms with Crippen LogP contribution in [0.25, 0.3) is 11.3 Å². The topological polar surface area (TPSA) is 45.2 Å². The predicted molar refractivity (Wildman–Crippen MR) is 111 cm³/mol. The summed E-state index contributed by atoms with van der Waals surface area (Å²) in [7, 11) is 0. The first-order chi connectivity index (χ1) is 12.7. The number of nitrogens with one attached hydrogen (secondary N) is 1. The van der Waals surface area contributed by atoms with Gasteiger partial charge in [0.05, 0.1) is 5.69 Å². The highest BCUT2D eigenvalue weighted by atomic mass is 79.9. The molecule has 6 heteroatoms. The van der Waals surface area contributed by atoms with Gasteiger partial charge in [0.15, 0.2) is 5.13 Å². The smallest absolute Gasteiger partial charge is 0.255 e. The van der Waals surface area contributed by atoms with Crippen LogP contribution in [-0.4, -0.2) is 24.0 Å². The number of hydrogen-bond acceptors (Lipinski definition) is 4. The summed E-state index contributed by atoms with van der Waals surface area (Å²) in [5.74, 6) is -0.121. The van der Waals surface area contributed by atoms with Crippen LogP contribution in [0.15, 0.2) is 58.4 Å². The fourth-order valence-electron chi connectivity index (χ4n) is 3.01. The number of amides is 1. The van der Waals surface area contributed by atoms with E-state index in [4.69, 9.17) is 4.98 Å². The highest BCUT2D eigenvalue weighted by Crippen LogP contribution is 2.30. The van der Waals surface area contributed by atoms with Gasteiger partial charge in [-0.25, -0.2) is 4.98 Å². The summed E-state index contributed by atoms with van der Waals surface area (Å²) >= 11 is 5.08. The first-order valence-corrected chi connectivity index (χ1v) is 10.2. The van der Waals surface area contributed by atoms with Gasteiger partial charge < -0.3 is 10.2 Å². The van der Waals surface area contributed by atoms with E-state index in [9.17, 15) is 4.79 Å². The summed E-state index contributed by atoms with van der Waals surface area (Å²) in [6.07, 6.45) is 2.50. The fraction of sp³-hybridized carbons (Fsp3) is 0.200. The highest BCUT2D eigenvalue weighted by Gasteiger charge is 2.16. The quantitative estimate of drug-likeness (QED) is 0.603. The lowest BCUT2D eigenvalue weighted by Crippen LogP contribution is -2.17. The van der Waals surface area contributed by atoms with Crippen molar-refractivity contribution in [3.63, 3.8) is 0 Å². The zero-order valence-corrected chi connectivity index (χ0v) is 16.5. The van der Waals surface area contributed by atoms with E-state index in [1.165, 1.54) is 12.8 Å². The Bertz CT molecular complexity index is 917. The Morgan fingerprint density at radius 3 is 2.62 bits per heavy atom. The largest absolute Gasteiger partial charge is 0.348 e. The molecule has 1 amide bonds. The Labute approximate surface area is 165 Å². The summed E-state index contributed by atoms with van der Waals surface area (Å²) in [4.78, 5) is 19.4. The second-order valence-electron chi connectivity index (χ2n) is 6.25. The molecule has 4 nitrogen and oxygen atoms in total. The molecule has 1 aliphatic heterocycles. The van der Waals surface area contributed by atoms with E-state index in [-0.39, 0.29) is 5.91 Å². The van der Waals surface area contributed by atoms with Gasteiger partial charge in [-0.15, -0.1) is 11.3 Å². The van der Waals surface area contributed by atoms with E-state index < -0.39 is 0 Å². The van der Waals surface area contributed by atoms with Crippen LogP contribution in [0.2, 0.25) is 0 Å². The zero-order valence-electron chi connectivity index (χ0n) is 14.1. The van der Waals surface area contributed by atoms with Gasteiger partial charge in [0.1, 0.15) is 0 Å². The molecule has 2 heterocycles. The number of rotatable bonds is 4. The van der Waals surface area contributed by atoms with Gasteiger partial charge in [-0.1, -0.05) is 34.1 Å². The van der Waals surface area contributed by atoms with Crippen LogP contribution in [0.1, 0.15) is 23.2 Å². The Morgan fingerprint density at radius 2 is 1.88 bits per heavy atom. The number of nitrogens with zero attached hydrogens (tertiary/aromatic N) is 2. The molecule has 1 aromatic heterocycles. The Hall–Kier alpha value is -2.18. The van der Waals surface area contributed by atoms with Gasteiger partial charge in [-0.05, 0) is 43.2 Å². The van der Waals surface area contributed by atoms with Crippen LogP contribution < -0.4 is 10.2 Å². The van der Waals surface area contributed by atoms with Crippen molar-refractivity contribution >= 4 is 44.0 Å². The van der Waals surface area contributed by atoms with Gasteiger partial charge >= 0.3 is 0 Å². The lowest BCUT2D eigenvalue weighted by molar-refractivity contribution is 0.102. The molecule has 1 saturated heterocycles. The SMILES string of the molecule is O=C(Nc1ccc(-c2csc(N3CCCC3)n2)cc1)c1cccc(Br)c1. The van der Waals surface area contributed by atoms with Crippen molar-refractivity contribution in [1.82, 2.24) is 4.98 Å². The van der Waals surface area contributed by atoms with Crippen LogP contribution in [0.5, 0.6) is 0 Å². The normalized spacial score (nSPS) is 13.8. The van der Waals surface area contributed by atoms with Crippen molar-refractivity contribution in [1.29, 1.82) is 0 Å². The number of aromatic nitrogens is 1. The third kappa shape index (κ3) is 3.81. The van der Waals surface area contributed by atoms with Crippen molar-refractivity contribution in [2.45, 2.75) is 12.8 Å². The lowest BCUT2D eigenvalue weighted by atomic mass is 10.1. The molecule has 0 spiro atoms. The monoisotopic (exact) mass is 427 g/mol. The predicted octanol–water partition coefficient (Wildman–Crippen LogP) is 5.43. The van der Waals surface area contributed by atoms with Crippen molar-refractivity contribution in [3.05, 3.63) is 63.9 Å². The van der Waals surface area contributed by atoms with Crippen LogP contribution in [0.4, 0.5) is 10.8 Å². The van der Waals surface area contributed by atoms with Crippen molar-refractivity contribution in [2.75, 3.05) is 23.3 Å². The second kappa shape index (κ2) is 7.60. The standard InChI is InChI=1S/C20H18BrN3OS/c21-16-5-3-4-15(12-16)19(25)22-17-8-6-14(7-9-17)18-13-26-20(23-18)24-10-1-2-11-24/h3-9,12-13H,1-2,10-11H2,(H,22,25). The van der Waals surface area contributed by atoms with Crippen molar-refractivity contribution in [2.24, 2.45) is 0 Å². The molecule has 0 atom stereocenters. The molecular weight excluding hydrogens is 410 g/mol. The molecular formula is C20H18BrN3OS. The number of hydrogen-bond donors (Lipinski definition) is 1. The van der Waals surface area contributed by atoms with E-state index in [0.29, 0.717) is 5.56 Å². The van der Waals surface area contributed by atoms with E-state index in [2.05, 4.69) is 31.5 Å². The number of carbonyl (C=O) groups is 1. The van der Waals surface area contributed by atoms with Gasteiger partial charge in [-0.2, -0.15) is 0 Å². The molecule has 3 aromatic rings. The molecule has 0 radical (unpaired) electrons. The minimum atomic E-state index is -0.121. The number of thiazole rings is 1. The summed E-state index contributed by atoms with van der Waals surface area (Å²) in [6.45, 7) is 2.21. The molecule has 1 fully saturated rings. The number of carbonyl (C=O) groups excluding carboxylic acids is 1. The molecule has 1 N–H and O–H groups in total. The molecule has 132 valence electrons. The zero-order chi connectivity index (χ0) is 17.9. The average Bonchev–Trinajstić information content (AvgIpc) is 3.34. The van der Waals surface area contributed by atoms with Gasteiger partial charge in [-0.3, -0.25) is 4.79 Å². The summed E-state index contributed by atoms with van der Waals surface area (Å²) < 4.78 is 0.887. The molecule has 0 bridgehead atoms. The van der Waals surface area contributed by atoms with Crippen LogP contribution in [0.3, 0.4) is 0 Å². The first-order valence-electron chi connectivity index (χ1n) is 8.57. The summed E-state index contributed by atoms with van der Waals surface area (Å²) in [5, 5.41) is 6.13. The molecule has 2 aromatic carbocycles. The minimum absolute atomic E-state index is 0.121. The maximum Gasteiger partial charge on any atom is 0.255 e. The maximum absolute atomic E-state index is 12.3. The van der Waals surface area contributed by atoms with E-state index in [1.807, 2.05) is 36.4 Å². The lowest BCUT2D eigenvalue weighted by Gasteiger charge is -2.12. The maximum atomic E-state index is 12.3. The Morgan fingerprint density at radius 1 is 1.12 bits per heavy atom. The molecule has 0 saturated carbocycles. The number of anilines is 2. The van der Waals surface area contributed by atoms with Crippen molar-refractivity contribution in [3.8, 4) is 11.3 Å². The van der Waals surface area contributed by atoms with Crippen LogP contribution in [-0.2, 0) is 0 Å². The van der Waals surface area contributed by atoms with Crippen molar-refractivity contribution < 1.29 is 4.79 Å². The van der Waals surface area contributed by atoms with Crippen LogP contribution in [0, 0.1) is 0 Å². The molecule has 4 rings (SSSR count). The Balaban J connectivity index is 1.46. The summed E-state index contributed by atoms with van der Waals surface area (Å²) in [6, 6.07) is 15.2. The van der Waals surface area contributed by atoms with Gasteiger partial charge in [0, 0.05) is 39.8 Å². The third-order valence-corrected chi connectivity index (χ3v) is 5.79.